The van der Waals surface area contributed by atoms with Gasteiger partial charge in [-0.05, 0) is 31.4 Å². The van der Waals surface area contributed by atoms with Gasteiger partial charge >= 0.3 is 6.09 Å². The van der Waals surface area contributed by atoms with E-state index in [1.54, 1.807) is 0 Å². The first-order chi connectivity index (χ1) is 9.78. The molecule has 2 atom stereocenters. The van der Waals surface area contributed by atoms with E-state index in [0.717, 1.165) is 26.2 Å². The molecule has 0 N–H and O–H groups in total. The number of amides is 1. The Hall–Kier alpha value is -1.55. The lowest BCUT2D eigenvalue weighted by atomic mass is 10.0. The number of benzene rings is 1. The highest BCUT2D eigenvalue weighted by atomic mass is 16.6. The Morgan fingerprint density at radius 3 is 2.85 bits per heavy atom. The van der Waals surface area contributed by atoms with Gasteiger partial charge in [-0.15, -0.1) is 0 Å². The number of ether oxygens (including phenoxy) is 1. The predicted octanol–water partition coefficient (Wildman–Crippen LogP) is 2.35. The van der Waals surface area contributed by atoms with Crippen LogP contribution in [0.3, 0.4) is 0 Å². The fraction of sp³-hybridized carbons (Fsp3) is 0.562. The summed E-state index contributed by atoms with van der Waals surface area (Å²) in [5.74, 6) is 0.614. The first-order valence-electron chi connectivity index (χ1n) is 7.47. The molecule has 2 heterocycles. The van der Waals surface area contributed by atoms with Gasteiger partial charge in [0.05, 0.1) is 6.61 Å². The molecule has 0 bridgehead atoms. The number of hydrogen-bond acceptors (Lipinski definition) is 3. The van der Waals surface area contributed by atoms with Crippen molar-refractivity contribution in [2.75, 3.05) is 26.2 Å². The van der Waals surface area contributed by atoms with Gasteiger partial charge in [0.1, 0.15) is 0 Å². The molecular weight excluding hydrogens is 252 g/mol. The van der Waals surface area contributed by atoms with Gasteiger partial charge in [-0.1, -0.05) is 30.3 Å². The maximum atomic E-state index is 11.8. The van der Waals surface area contributed by atoms with E-state index in [0.29, 0.717) is 18.6 Å². The van der Waals surface area contributed by atoms with Crippen molar-refractivity contribution in [1.82, 2.24) is 9.80 Å². The zero-order chi connectivity index (χ0) is 13.9. The predicted molar refractivity (Wildman–Crippen MR) is 77.3 cm³/mol. The Kier molecular flexibility index (Phi) is 3.92. The Morgan fingerprint density at radius 2 is 2.10 bits per heavy atom. The van der Waals surface area contributed by atoms with Crippen LogP contribution in [0.4, 0.5) is 4.79 Å². The Balaban J connectivity index is 1.61. The number of nitrogens with zero attached hydrogens (tertiary/aromatic N) is 2. The van der Waals surface area contributed by atoms with Gasteiger partial charge in [-0.25, -0.2) is 4.79 Å². The van der Waals surface area contributed by atoms with E-state index in [1.807, 2.05) is 17.9 Å². The molecule has 1 aromatic carbocycles. The quantitative estimate of drug-likeness (QED) is 0.848. The average molecular weight is 274 g/mol. The van der Waals surface area contributed by atoms with Gasteiger partial charge in [-0.3, -0.25) is 4.90 Å². The minimum Gasteiger partial charge on any atom is -0.450 e. The molecule has 0 aliphatic carbocycles. The summed E-state index contributed by atoms with van der Waals surface area (Å²) in [6.45, 7) is 6.11. The third-order valence-electron chi connectivity index (χ3n) is 4.42. The molecular formula is C16H22N2O2. The van der Waals surface area contributed by atoms with E-state index < -0.39 is 0 Å². The van der Waals surface area contributed by atoms with Crippen molar-refractivity contribution >= 4 is 6.09 Å². The fourth-order valence-corrected chi connectivity index (χ4v) is 3.43. The van der Waals surface area contributed by atoms with Crippen molar-refractivity contribution in [3.63, 3.8) is 0 Å². The second kappa shape index (κ2) is 5.83. The second-order valence-corrected chi connectivity index (χ2v) is 5.68. The first-order valence-corrected chi connectivity index (χ1v) is 7.47. The van der Waals surface area contributed by atoms with E-state index in [-0.39, 0.29) is 6.09 Å². The van der Waals surface area contributed by atoms with E-state index >= 15 is 0 Å². The molecule has 2 saturated heterocycles. The summed E-state index contributed by atoms with van der Waals surface area (Å²) in [6, 6.07) is 11.1. The monoisotopic (exact) mass is 274 g/mol. The molecule has 1 amide bonds. The highest BCUT2D eigenvalue weighted by Crippen LogP contribution is 2.32. The van der Waals surface area contributed by atoms with E-state index in [1.165, 1.54) is 12.0 Å². The minimum absolute atomic E-state index is 0.151. The second-order valence-electron chi connectivity index (χ2n) is 5.68. The van der Waals surface area contributed by atoms with E-state index in [9.17, 15) is 4.79 Å². The van der Waals surface area contributed by atoms with Crippen LogP contribution in [0.5, 0.6) is 0 Å². The fourth-order valence-electron chi connectivity index (χ4n) is 3.43. The van der Waals surface area contributed by atoms with Gasteiger partial charge in [0, 0.05) is 25.7 Å². The smallest absolute Gasteiger partial charge is 0.409 e. The van der Waals surface area contributed by atoms with Crippen LogP contribution in [0.1, 0.15) is 18.9 Å². The highest BCUT2D eigenvalue weighted by molar-refractivity contribution is 5.68. The highest BCUT2D eigenvalue weighted by Gasteiger charge is 2.42. The van der Waals surface area contributed by atoms with E-state index in [4.69, 9.17) is 4.74 Å². The largest absolute Gasteiger partial charge is 0.450 e. The van der Waals surface area contributed by atoms with Crippen LogP contribution in [0.2, 0.25) is 0 Å². The number of hydrogen-bond donors (Lipinski definition) is 0. The molecule has 2 aliphatic rings. The molecule has 108 valence electrons. The normalized spacial score (nSPS) is 25.8. The van der Waals surface area contributed by atoms with Crippen LogP contribution in [0.25, 0.3) is 0 Å². The molecule has 0 unspecified atom stereocenters. The zero-order valence-corrected chi connectivity index (χ0v) is 12.0. The van der Waals surface area contributed by atoms with Gasteiger partial charge in [0.15, 0.2) is 0 Å². The van der Waals surface area contributed by atoms with Gasteiger partial charge in [0.2, 0.25) is 0 Å². The third-order valence-corrected chi connectivity index (χ3v) is 4.42. The summed E-state index contributed by atoms with van der Waals surface area (Å²) >= 11 is 0. The standard InChI is InChI=1S/C16H22N2O2/c1-2-20-16(19)18-11-14-8-9-17(15(14)12-18)10-13-6-4-3-5-7-13/h3-7,14-15H,2,8-12H2,1H3/t14-,15+/m0/s1. The molecule has 3 rings (SSSR count). The Bertz CT molecular complexity index is 463. The summed E-state index contributed by atoms with van der Waals surface area (Å²) in [6.07, 6.45) is 1.04. The number of likely N-dealkylation sites (tertiary alicyclic amines) is 2. The summed E-state index contributed by atoms with van der Waals surface area (Å²) in [4.78, 5) is 16.2. The number of fused-ring (bicyclic) bond motifs is 1. The Labute approximate surface area is 120 Å². The topological polar surface area (TPSA) is 32.8 Å². The summed E-state index contributed by atoms with van der Waals surface area (Å²) in [5, 5.41) is 0. The zero-order valence-electron chi connectivity index (χ0n) is 12.0. The molecule has 4 nitrogen and oxygen atoms in total. The van der Waals surface area contributed by atoms with Gasteiger partial charge in [0.25, 0.3) is 0 Å². The Morgan fingerprint density at radius 1 is 1.30 bits per heavy atom. The number of carbonyl (C=O) groups excluding carboxylic acids is 1. The minimum atomic E-state index is -0.151. The summed E-state index contributed by atoms with van der Waals surface area (Å²) < 4.78 is 5.11. The van der Waals surface area contributed by atoms with Gasteiger partial charge < -0.3 is 9.64 Å². The van der Waals surface area contributed by atoms with Crippen LogP contribution in [-0.4, -0.2) is 48.2 Å². The molecule has 0 aromatic heterocycles. The molecule has 2 fully saturated rings. The lowest BCUT2D eigenvalue weighted by molar-refractivity contribution is 0.110. The van der Waals surface area contributed by atoms with Gasteiger partial charge in [-0.2, -0.15) is 0 Å². The van der Waals surface area contributed by atoms with Crippen LogP contribution in [0, 0.1) is 5.92 Å². The molecule has 4 heteroatoms. The molecule has 2 aliphatic heterocycles. The lowest BCUT2D eigenvalue weighted by Gasteiger charge is -2.24. The SMILES string of the molecule is CCOC(=O)N1C[C@@H]2CCN(Cc3ccccc3)[C@@H]2C1. The van der Waals surface area contributed by atoms with Crippen molar-refractivity contribution in [2.45, 2.75) is 25.9 Å². The van der Waals surface area contributed by atoms with Crippen molar-refractivity contribution in [3.8, 4) is 0 Å². The van der Waals surface area contributed by atoms with Crippen molar-refractivity contribution in [1.29, 1.82) is 0 Å². The maximum absolute atomic E-state index is 11.8. The molecule has 0 saturated carbocycles. The third kappa shape index (κ3) is 2.66. The molecule has 0 spiro atoms. The van der Waals surface area contributed by atoms with Crippen molar-refractivity contribution in [2.24, 2.45) is 5.92 Å². The van der Waals surface area contributed by atoms with E-state index in [2.05, 4.69) is 29.2 Å². The summed E-state index contributed by atoms with van der Waals surface area (Å²) in [5.41, 5.74) is 1.35. The molecule has 1 aromatic rings. The van der Waals surface area contributed by atoms with Crippen LogP contribution in [0.15, 0.2) is 30.3 Å². The van der Waals surface area contributed by atoms with Crippen LogP contribution in [-0.2, 0) is 11.3 Å². The van der Waals surface area contributed by atoms with Crippen molar-refractivity contribution < 1.29 is 9.53 Å². The average Bonchev–Trinajstić information content (AvgIpc) is 3.02. The molecule has 0 radical (unpaired) electrons. The number of carbonyl (C=O) groups is 1. The first kappa shape index (κ1) is 13.4. The van der Waals surface area contributed by atoms with Crippen LogP contribution < -0.4 is 0 Å². The summed E-state index contributed by atoms with van der Waals surface area (Å²) in [7, 11) is 0. The van der Waals surface area contributed by atoms with Crippen LogP contribution >= 0.6 is 0 Å². The lowest BCUT2D eigenvalue weighted by Crippen LogP contribution is -2.37. The molecule has 20 heavy (non-hydrogen) atoms. The number of rotatable bonds is 3. The van der Waals surface area contributed by atoms with Crippen molar-refractivity contribution in [3.05, 3.63) is 35.9 Å². The maximum Gasteiger partial charge on any atom is 0.409 e.